The van der Waals surface area contributed by atoms with Crippen molar-refractivity contribution in [3.8, 4) is 0 Å². The van der Waals surface area contributed by atoms with Crippen LogP contribution in [-0.4, -0.2) is 23.8 Å². The van der Waals surface area contributed by atoms with Crippen LogP contribution in [0.3, 0.4) is 0 Å². The number of hydrogen-bond donors (Lipinski definition) is 0. The van der Waals surface area contributed by atoms with Gasteiger partial charge in [0.15, 0.2) is 5.78 Å². The normalized spacial score (nSPS) is 17.0. The number of carbonyl (C=O) groups is 1. The fourth-order valence-electron chi connectivity index (χ4n) is 3.17. The molecule has 1 fully saturated rings. The maximum absolute atomic E-state index is 12.4. The Labute approximate surface area is 130 Å². The Morgan fingerprint density at radius 2 is 1.95 bits per heavy atom. The quantitative estimate of drug-likeness (QED) is 0.778. The molecule has 1 unspecified atom stereocenters. The van der Waals surface area contributed by atoms with Gasteiger partial charge in [-0.25, -0.2) is 0 Å². The van der Waals surface area contributed by atoms with Gasteiger partial charge in [0.05, 0.1) is 0 Å². The second-order valence-corrected chi connectivity index (χ2v) is 6.61. The molecule has 2 aromatic rings. The first-order valence-corrected chi connectivity index (χ1v) is 8.52. The summed E-state index contributed by atoms with van der Waals surface area (Å²) in [6, 6.07) is 8.50. The highest BCUT2D eigenvalue weighted by atomic mass is 32.1. The van der Waals surface area contributed by atoms with Crippen molar-refractivity contribution in [2.45, 2.75) is 32.7 Å². The van der Waals surface area contributed by atoms with E-state index in [0.29, 0.717) is 6.04 Å². The molecule has 0 bridgehead atoms. The Morgan fingerprint density at radius 1 is 1.19 bits per heavy atom. The summed E-state index contributed by atoms with van der Waals surface area (Å²) < 4.78 is 0. The predicted octanol–water partition coefficient (Wildman–Crippen LogP) is 4.44. The average Bonchev–Trinajstić information content (AvgIpc) is 3.18. The number of nitrogens with zero attached hydrogens (tertiary/aromatic N) is 1. The number of aryl methyl sites for hydroxylation is 1. The number of carbonyl (C=O) groups excluding carboxylic acids is 1. The van der Waals surface area contributed by atoms with Gasteiger partial charge in [0, 0.05) is 22.5 Å². The Balaban J connectivity index is 1.84. The van der Waals surface area contributed by atoms with Gasteiger partial charge in [-0.3, -0.25) is 9.69 Å². The van der Waals surface area contributed by atoms with Crippen LogP contribution < -0.4 is 0 Å². The second kappa shape index (κ2) is 6.12. The molecule has 3 rings (SSSR count). The molecule has 1 saturated heterocycles. The maximum atomic E-state index is 12.4. The maximum Gasteiger partial charge on any atom is 0.193 e. The van der Waals surface area contributed by atoms with Gasteiger partial charge in [0.1, 0.15) is 0 Å². The van der Waals surface area contributed by atoms with E-state index in [9.17, 15) is 4.79 Å². The van der Waals surface area contributed by atoms with Gasteiger partial charge >= 0.3 is 0 Å². The lowest BCUT2D eigenvalue weighted by molar-refractivity contribution is 0.103. The number of ketones is 1. The van der Waals surface area contributed by atoms with E-state index in [0.717, 1.165) is 11.1 Å². The number of rotatable bonds is 4. The fraction of sp³-hybridized carbons (Fsp3) is 0.389. The van der Waals surface area contributed by atoms with Crippen LogP contribution in [0.1, 0.15) is 52.9 Å². The van der Waals surface area contributed by atoms with E-state index >= 15 is 0 Å². The zero-order valence-electron chi connectivity index (χ0n) is 12.6. The molecule has 1 atom stereocenters. The molecule has 0 amide bonds. The van der Waals surface area contributed by atoms with Crippen LogP contribution in [0, 0.1) is 6.92 Å². The minimum atomic E-state index is 0.125. The van der Waals surface area contributed by atoms with Crippen LogP contribution in [0.15, 0.2) is 35.0 Å². The van der Waals surface area contributed by atoms with E-state index in [4.69, 9.17) is 0 Å². The van der Waals surface area contributed by atoms with Gasteiger partial charge in [0.25, 0.3) is 0 Å². The van der Waals surface area contributed by atoms with Crippen molar-refractivity contribution in [3.63, 3.8) is 0 Å². The predicted molar refractivity (Wildman–Crippen MR) is 88.2 cm³/mol. The van der Waals surface area contributed by atoms with Crippen molar-refractivity contribution in [3.05, 3.63) is 57.3 Å². The summed E-state index contributed by atoms with van der Waals surface area (Å²) in [5.74, 6) is 0.125. The average molecular weight is 299 g/mol. The lowest BCUT2D eigenvalue weighted by Crippen LogP contribution is -2.23. The van der Waals surface area contributed by atoms with Crippen molar-refractivity contribution >= 4 is 17.1 Å². The van der Waals surface area contributed by atoms with E-state index in [1.165, 1.54) is 37.1 Å². The zero-order chi connectivity index (χ0) is 14.8. The summed E-state index contributed by atoms with van der Waals surface area (Å²) in [7, 11) is 0. The highest BCUT2D eigenvalue weighted by Gasteiger charge is 2.21. The fourth-order valence-corrected chi connectivity index (χ4v) is 3.81. The smallest absolute Gasteiger partial charge is 0.193 e. The van der Waals surface area contributed by atoms with Crippen LogP contribution in [0.4, 0.5) is 0 Å². The van der Waals surface area contributed by atoms with Crippen molar-refractivity contribution in [1.82, 2.24) is 4.90 Å². The molecule has 2 nitrogen and oxygen atoms in total. The Morgan fingerprint density at radius 3 is 2.57 bits per heavy atom. The molecular formula is C18H21NOS. The van der Waals surface area contributed by atoms with Crippen LogP contribution in [0.5, 0.6) is 0 Å². The van der Waals surface area contributed by atoms with E-state index in [2.05, 4.69) is 24.8 Å². The van der Waals surface area contributed by atoms with Crippen molar-refractivity contribution in [2.24, 2.45) is 0 Å². The molecule has 0 N–H and O–H groups in total. The summed E-state index contributed by atoms with van der Waals surface area (Å²) in [6.07, 6.45) is 2.61. The molecule has 1 aliphatic heterocycles. The highest BCUT2D eigenvalue weighted by molar-refractivity contribution is 7.08. The Kier molecular flexibility index (Phi) is 4.22. The van der Waals surface area contributed by atoms with Crippen molar-refractivity contribution < 1.29 is 4.79 Å². The van der Waals surface area contributed by atoms with Gasteiger partial charge in [-0.1, -0.05) is 12.1 Å². The number of hydrogen-bond acceptors (Lipinski definition) is 3. The topological polar surface area (TPSA) is 20.3 Å². The summed E-state index contributed by atoms with van der Waals surface area (Å²) in [6.45, 7) is 6.77. The molecule has 1 aromatic heterocycles. The second-order valence-electron chi connectivity index (χ2n) is 5.83. The number of thiophene rings is 1. The van der Waals surface area contributed by atoms with Crippen molar-refractivity contribution in [2.75, 3.05) is 13.1 Å². The summed E-state index contributed by atoms with van der Waals surface area (Å²) in [4.78, 5) is 14.9. The van der Waals surface area contributed by atoms with E-state index in [1.54, 1.807) is 11.3 Å². The van der Waals surface area contributed by atoms with Gasteiger partial charge in [-0.05, 0) is 68.4 Å². The van der Waals surface area contributed by atoms with E-state index in [1.807, 2.05) is 29.0 Å². The van der Waals surface area contributed by atoms with Gasteiger partial charge < -0.3 is 0 Å². The molecule has 21 heavy (non-hydrogen) atoms. The molecule has 0 saturated carbocycles. The van der Waals surface area contributed by atoms with E-state index in [-0.39, 0.29) is 5.78 Å². The SMILES string of the molecule is Cc1cc(C(=O)c2ccsc2)ccc1C(C)N1CCCC1. The third kappa shape index (κ3) is 2.94. The lowest BCUT2D eigenvalue weighted by Gasteiger charge is -2.25. The Bertz CT molecular complexity index is 627. The first-order chi connectivity index (χ1) is 10.2. The monoisotopic (exact) mass is 299 g/mol. The number of benzene rings is 1. The largest absolute Gasteiger partial charge is 0.297 e. The third-order valence-corrected chi connectivity index (χ3v) is 5.14. The third-order valence-electron chi connectivity index (χ3n) is 4.45. The molecular weight excluding hydrogens is 278 g/mol. The summed E-state index contributed by atoms with van der Waals surface area (Å²) >= 11 is 1.56. The number of likely N-dealkylation sites (tertiary alicyclic amines) is 1. The first kappa shape index (κ1) is 14.5. The van der Waals surface area contributed by atoms with Crippen LogP contribution >= 0.6 is 11.3 Å². The Hall–Kier alpha value is -1.45. The molecule has 3 heteroatoms. The van der Waals surface area contributed by atoms with Crippen molar-refractivity contribution in [1.29, 1.82) is 0 Å². The molecule has 1 aliphatic rings. The molecule has 0 radical (unpaired) electrons. The van der Waals surface area contributed by atoms with Gasteiger partial charge in [-0.2, -0.15) is 11.3 Å². The molecule has 1 aromatic carbocycles. The molecule has 110 valence electrons. The van der Waals surface area contributed by atoms with Crippen LogP contribution in [0.2, 0.25) is 0 Å². The van der Waals surface area contributed by atoms with Gasteiger partial charge in [-0.15, -0.1) is 0 Å². The van der Waals surface area contributed by atoms with E-state index < -0.39 is 0 Å². The van der Waals surface area contributed by atoms with Crippen LogP contribution in [-0.2, 0) is 0 Å². The summed E-state index contributed by atoms with van der Waals surface area (Å²) in [5.41, 5.74) is 4.15. The molecule has 0 aliphatic carbocycles. The molecule has 2 heterocycles. The highest BCUT2D eigenvalue weighted by Crippen LogP contribution is 2.28. The minimum Gasteiger partial charge on any atom is -0.297 e. The first-order valence-electron chi connectivity index (χ1n) is 7.58. The molecule has 0 spiro atoms. The van der Waals surface area contributed by atoms with Crippen LogP contribution in [0.25, 0.3) is 0 Å². The summed E-state index contributed by atoms with van der Waals surface area (Å²) in [5, 5.41) is 3.86. The standard InChI is InChI=1S/C18H21NOS/c1-13-11-15(18(20)16-7-10-21-12-16)5-6-17(13)14(2)19-8-3-4-9-19/h5-7,10-12,14H,3-4,8-9H2,1-2H3. The lowest BCUT2D eigenvalue weighted by atomic mass is 9.96. The zero-order valence-corrected chi connectivity index (χ0v) is 13.5. The van der Waals surface area contributed by atoms with Gasteiger partial charge in [0.2, 0.25) is 0 Å². The minimum absolute atomic E-state index is 0.125.